The van der Waals surface area contributed by atoms with Crippen LogP contribution in [0.3, 0.4) is 0 Å². The summed E-state index contributed by atoms with van der Waals surface area (Å²) in [6, 6.07) is 71.7. The molecule has 284 valence electrons. The first kappa shape index (κ1) is 38.3. The van der Waals surface area contributed by atoms with Crippen LogP contribution < -0.4 is 0 Å². The van der Waals surface area contributed by atoms with Crippen molar-refractivity contribution in [3.8, 4) is 11.1 Å². The van der Waals surface area contributed by atoms with Gasteiger partial charge in [0.1, 0.15) is 0 Å². The van der Waals surface area contributed by atoms with Crippen LogP contribution in [-0.4, -0.2) is 3.21 Å². The molecule has 1 unspecified atom stereocenters. The molecule has 1 atom stereocenters. The summed E-state index contributed by atoms with van der Waals surface area (Å²) in [4.78, 5) is 0. The first-order valence-corrected chi connectivity index (χ1v) is 24.7. The zero-order valence-electron chi connectivity index (χ0n) is 34.6. The molecule has 0 bridgehead atoms. The number of allylic oxidation sites excluding steroid dienone is 4. The number of hydrogen-bond donors (Lipinski definition) is 0. The molecule has 1 heteroatoms. The Kier molecular flexibility index (Phi) is 10.2. The summed E-state index contributed by atoms with van der Waals surface area (Å²) in [5, 5.41) is 0. The predicted molar refractivity (Wildman–Crippen MR) is 244 cm³/mol. The van der Waals surface area contributed by atoms with E-state index in [0.29, 0.717) is 0 Å². The van der Waals surface area contributed by atoms with Gasteiger partial charge in [0.05, 0.1) is 0 Å². The van der Waals surface area contributed by atoms with E-state index in [2.05, 4.69) is 236 Å². The van der Waals surface area contributed by atoms with E-state index in [1.54, 1.807) is 6.49 Å². The molecule has 0 saturated heterocycles. The van der Waals surface area contributed by atoms with E-state index in [1.807, 2.05) is 0 Å². The quantitative estimate of drug-likeness (QED) is 0.150. The number of fused-ring (bicyclic) bond motifs is 3. The summed E-state index contributed by atoms with van der Waals surface area (Å²) in [5.41, 5.74) is 18.0. The fourth-order valence-corrected chi connectivity index (χ4v) is 19.2. The van der Waals surface area contributed by atoms with Gasteiger partial charge in [-0.25, -0.2) is 0 Å². The Balaban J connectivity index is 1.51. The van der Waals surface area contributed by atoms with Crippen LogP contribution in [0.1, 0.15) is 101 Å². The molecule has 0 fully saturated rings. The first-order chi connectivity index (χ1) is 28.1. The molecule has 7 aromatic carbocycles. The average molecular weight is 828 g/mol. The van der Waals surface area contributed by atoms with Crippen LogP contribution in [0.4, 0.5) is 0 Å². The number of rotatable bonds is 7. The Bertz CT molecular complexity index is 2580. The molecule has 2 aliphatic carbocycles. The molecule has 0 nitrogen and oxygen atoms in total. The normalized spacial score (nSPS) is 15.2. The molecular weight excluding hydrogens is 776 g/mol. The van der Waals surface area contributed by atoms with Crippen LogP contribution in [0.5, 0.6) is 0 Å². The van der Waals surface area contributed by atoms with Crippen LogP contribution in [0.25, 0.3) is 22.3 Å². The van der Waals surface area contributed by atoms with E-state index >= 15 is 0 Å². The molecule has 0 saturated carbocycles. The fraction of sp³-hybridized carbons (Fsp3) is 0.175. The average Bonchev–Trinajstić information content (AvgIpc) is 3.80. The summed E-state index contributed by atoms with van der Waals surface area (Å²) in [6.45, 7) is 14.2. The predicted octanol–water partition coefficient (Wildman–Crippen LogP) is 14.5. The van der Waals surface area contributed by atoms with Gasteiger partial charge < -0.3 is 0 Å². The van der Waals surface area contributed by atoms with Crippen molar-refractivity contribution in [2.75, 3.05) is 0 Å². The van der Waals surface area contributed by atoms with Crippen LogP contribution in [0.2, 0.25) is 0 Å². The summed E-state index contributed by atoms with van der Waals surface area (Å²) < 4.78 is 3.44. The van der Waals surface area contributed by atoms with Gasteiger partial charge in [0.25, 0.3) is 0 Å². The van der Waals surface area contributed by atoms with Crippen molar-refractivity contribution in [1.29, 1.82) is 0 Å². The SMILES string of the molecule is CC(C)(C)c1ccc2c(c1)[CH]([Zr]([C]1=C(c3ccccc3)C(c3ccccc3)=CC1c1ccccc1)=[C](c1ccccc1)c1ccccc1)c1cc(C(C)(C)C)ccc1-2. The molecule has 0 amide bonds. The van der Waals surface area contributed by atoms with E-state index in [0.717, 1.165) is 0 Å². The molecule has 0 N–H and O–H groups in total. The van der Waals surface area contributed by atoms with Crippen LogP contribution in [0.15, 0.2) is 197 Å². The summed E-state index contributed by atoms with van der Waals surface area (Å²) in [5.74, 6) is 0.118. The van der Waals surface area contributed by atoms with Crippen molar-refractivity contribution in [3.63, 3.8) is 0 Å². The van der Waals surface area contributed by atoms with Gasteiger partial charge in [-0.1, -0.05) is 0 Å². The summed E-state index contributed by atoms with van der Waals surface area (Å²) in [7, 11) is 0. The van der Waals surface area contributed by atoms with Crippen LogP contribution >= 0.6 is 0 Å². The minimum atomic E-state index is -3.38. The molecule has 0 aromatic heterocycles. The third kappa shape index (κ3) is 7.14. The molecular formula is C57H52Zr. The first-order valence-electron chi connectivity index (χ1n) is 20.8. The molecule has 0 radical (unpaired) electrons. The third-order valence-electron chi connectivity index (χ3n) is 12.2. The van der Waals surface area contributed by atoms with Crippen molar-refractivity contribution in [2.24, 2.45) is 0 Å². The van der Waals surface area contributed by atoms with Gasteiger partial charge in [-0.3, -0.25) is 0 Å². The Morgan fingerprint density at radius 3 is 1.31 bits per heavy atom. The molecule has 0 heterocycles. The summed E-state index contributed by atoms with van der Waals surface area (Å²) in [6.07, 6.45) is 2.63. The second-order valence-corrected chi connectivity index (χ2v) is 24.1. The van der Waals surface area contributed by atoms with Crippen LogP contribution in [0, 0.1) is 0 Å². The number of hydrogen-bond acceptors (Lipinski definition) is 0. The molecule has 7 aromatic rings. The Morgan fingerprint density at radius 2 is 0.862 bits per heavy atom. The fourth-order valence-electron chi connectivity index (χ4n) is 9.26. The Labute approximate surface area is 353 Å². The molecule has 9 rings (SSSR count). The maximum atomic E-state index is 2.63. The molecule has 58 heavy (non-hydrogen) atoms. The molecule has 0 spiro atoms. The zero-order chi connectivity index (χ0) is 40.0. The topological polar surface area (TPSA) is 0 Å². The maximum absolute atomic E-state index is 3.38. The minimum absolute atomic E-state index is 0.0102. The van der Waals surface area contributed by atoms with Crippen molar-refractivity contribution < 1.29 is 21.3 Å². The van der Waals surface area contributed by atoms with Crippen molar-refractivity contribution in [3.05, 3.63) is 247 Å². The monoisotopic (exact) mass is 826 g/mol. The molecule has 2 aliphatic rings. The van der Waals surface area contributed by atoms with Crippen molar-refractivity contribution >= 4 is 14.4 Å². The second-order valence-electron chi connectivity index (χ2n) is 18.0. The van der Waals surface area contributed by atoms with Crippen molar-refractivity contribution in [1.82, 2.24) is 0 Å². The Morgan fingerprint density at radius 1 is 0.448 bits per heavy atom. The van der Waals surface area contributed by atoms with Gasteiger partial charge in [0, 0.05) is 0 Å². The summed E-state index contributed by atoms with van der Waals surface area (Å²) >= 11 is -3.38. The van der Waals surface area contributed by atoms with Gasteiger partial charge in [-0.15, -0.1) is 0 Å². The van der Waals surface area contributed by atoms with E-state index in [-0.39, 0.29) is 20.4 Å². The van der Waals surface area contributed by atoms with Gasteiger partial charge in [-0.05, 0) is 0 Å². The van der Waals surface area contributed by atoms with E-state index in [4.69, 9.17) is 0 Å². The number of benzene rings is 7. The van der Waals surface area contributed by atoms with Gasteiger partial charge in [0.15, 0.2) is 0 Å². The van der Waals surface area contributed by atoms with Gasteiger partial charge in [-0.2, -0.15) is 0 Å². The van der Waals surface area contributed by atoms with Gasteiger partial charge >= 0.3 is 356 Å². The van der Waals surface area contributed by atoms with Gasteiger partial charge in [0.2, 0.25) is 0 Å². The third-order valence-corrected chi connectivity index (χ3v) is 20.7. The van der Waals surface area contributed by atoms with Crippen molar-refractivity contribution in [2.45, 2.75) is 61.9 Å². The zero-order valence-corrected chi connectivity index (χ0v) is 37.1. The second kappa shape index (κ2) is 15.5. The van der Waals surface area contributed by atoms with E-state index in [1.165, 1.54) is 72.3 Å². The molecule has 0 aliphatic heterocycles. The van der Waals surface area contributed by atoms with Crippen LogP contribution in [-0.2, 0) is 32.1 Å². The Hall–Kier alpha value is -5.23. The van der Waals surface area contributed by atoms with E-state index < -0.39 is 21.3 Å². The van der Waals surface area contributed by atoms with E-state index in [9.17, 15) is 0 Å². The standard InChI is InChI=1S/C23H17.C21H25.C13H10.Zr/c1-4-10-18(11-5-1)21-16-22(19-12-6-2-7-13-19)23(17-21)20-14-8-3-9-15-20;1-20(2,3)16-7-9-18-14(12-16)11-15-13-17(21(4,5)6)8-10-19(15)18;1-3-7-12(8-4-1)11-13-9-5-2-6-10-13;/h1-16,21H;7-13H,1-6H3;1-10H;.